The lowest BCUT2D eigenvalue weighted by molar-refractivity contribution is -0.133. The Morgan fingerprint density at radius 1 is 1.13 bits per heavy atom. The molecule has 0 radical (unpaired) electrons. The molecular weight excluding hydrogens is 418 g/mol. The molecule has 2 aliphatic rings. The van der Waals surface area contributed by atoms with Crippen molar-refractivity contribution in [3.63, 3.8) is 0 Å². The summed E-state index contributed by atoms with van der Waals surface area (Å²) in [4.78, 5) is 14.6. The lowest BCUT2D eigenvalue weighted by Crippen LogP contribution is -2.55. The van der Waals surface area contributed by atoms with Gasteiger partial charge in [-0.15, -0.1) is 5.10 Å². The van der Waals surface area contributed by atoms with E-state index in [4.69, 9.17) is 30.9 Å². The second-order valence-electron chi connectivity index (χ2n) is 7.45. The van der Waals surface area contributed by atoms with Crippen molar-refractivity contribution in [1.29, 1.82) is 0 Å². The van der Waals surface area contributed by atoms with Crippen LogP contribution in [0.15, 0.2) is 41.5 Å². The van der Waals surface area contributed by atoms with E-state index < -0.39 is 11.6 Å². The lowest BCUT2D eigenvalue weighted by atomic mass is 9.87. The maximum absolute atomic E-state index is 12.6. The van der Waals surface area contributed by atoms with Gasteiger partial charge in [0.25, 0.3) is 0 Å². The molecule has 8 heteroatoms. The second kappa shape index (κ2) is 8.30. The molecule has 31 heavy (non-hydrogen) atoms. The van der Waals surface area contributed by atoms with E-state index in [-0.39, 0.29) is 5.84 Å². The van der Waals surface area contributed by atoms with E-state index in [1.807, 2.05) is 60.2 Å². The highest BCUT2D eigenvalue weighted by atomic mass is 35.5. The number of hydrogen-bond acceptors (Lipinski definition) is 7. The third-order valence-corrected chi connectivity index (χ3v) is 5.96. The SMILES string of the molecule is CCOc1cc2c(cc1OCC)[C@]1(C)N(CC2)C(C(=O)OC)=NN1c1ccc(Cl)cc1. The van der Waals surface area contributed by atoms with Gasteiger partial charge in [-0.1, -0.05) is 11.6 Å². The largest absolute Gasteiger partial charge is 0.490 e. The Bertz CT molecular complexity index is 1020. The molecule has 0 unspecified atom stereocenters. The van der Waals surface area contributed by atoms with E-state index in [1.54, 1.807) is 0 Å². The summed E-state index contributed by atoms with van der Waals surface area (Å²) in [6.45, 7) is 7.63. The minimum absolute atomic E-state index is 0.275. The van der Waals surface area contributed by atoms with E-state index >= 15 is 0 Å². The van der Waals surface area contributed by atoms with E-state index in [1.165, 1.54) is 7.11 Å². The first kappa shape index (κ1) is 21.3. The number of halogens is 1. The number of esters is 1. The summed E-state index contributed by atoms with van der Waals surface area (Å²) in [7, 11) is 1.37. The number of nitrogens with zero attached hydrogens (tertiary/aromatic N) is 3. The van der Waals surface area contributed by atoms with E-state index in [9.17, 15) is 4.79 Å². The molecule has 0 aliphatic carbocycles. The third-order valence-electron chi connectivity index (χ3n) is 5.71. The Hall–Kier alpha value is -2.93. The summed E-state index contributed by atoms with van der Waals surface area (Å²) in [6, 6.07) is 11.5. The van der Waals surface area contributed by atoms with Crippen molar-refractivity contribution in [2.24, 2.45) is 5.10 Å². The van der Waals surface area contributed by atoms with Gasteiger partial charge in [-0.2, -0.15) is 0 Å². The van der Waals surface area contributed by atoms with Crippen LogP contribution in [0.1, 0.15) is 31.9 Å². The topological polar surface area (TPSA) is 63.6 Å². The summed E-state index contributed by atoms with van der Waals surface area (Å²) in [5, 5.41) is 7.18. The number of benzene rings is 2. The van der Waals surface area contributed by atoms with Gasteiger partial charge in [0, 0.05) is 17.1 Å². The van der Waals surface area contributed by atoms with Crippen LogP contribution in [0.4, 0.5) is 5.69 Å². The zero-order chi connectivity index (χ0) is 22.2. The number of methoxy groups -OCH3 is 1. The van der Waals surface area contributed by atoms with Crippen LogP contribution in [0, 0.1) is 0 Å². The van der Waals surface area contributed by atoms with Gasteiger partial charge in [0.15, 0.2) is 17.2 Å². The zero-order valence-corrected chi connectivity index (χ0v) is 18.9. The average Bonchev–Trinajstić information content (AvgIpc) is 3.08. The molecule has 2 aliphatic heterocycles. The lowest BCUT2D eigenvalue weighted by Gasteiger charge is -2.46. The number of carbonyl (C=O) groups excluding carboxylic acids is 1. The second-order valence-corrected chi connectivity index (χ2v) is 7.88. The number of amidine groups is 1. The van der Waals surface area contributed by atoms with Crippen LogP contribution in [0.5, 0.6) is 11.5 Å². The normalized spacial score (nSPS) is 19.5. The first-order chi connectivity index (χ1) is 14.9. The molecule has 0 saturated heterocycles. The Balaban J connectivity index is 1.90. The summed E-state index contributed by atoms with van der Waals surface area (Å²) in [6.07, 6.45) is 0.738. The van der Waals surface area contributed by atoms with Gasteiger partial charge in [-0.3, -0.25) is 0 Å². The van der Waals surface area contributed by atoms with Gasteiger partial charge in [0.2, 0.25) is 5.84 Å². The maximum Gasteiger partial charge on any atom is 0.375 e. The summed E-state index contributed by atoms with van der Waals surface area (Å²) < 4.78 is 16.8. The van der Waals surface area contributed by atoms with E-state index in [0.29, 0.717) is 30.5 Å². The van der Waals surface area contributed by atoms with E-state index in [2.05, 4.69) is 6.92 Å². The average molecular weight is 444 g/mol. The van der Waals surface area contributed by atoms with Gasteiger partial charge in [0.05, 0.1) is 26.0 Å². The monoisotopic (exact) mass is 443 g/mol. The first-order valence-corrected chi connectivity index (χ1v) is 10.7. The fourth-order valence-corrected chi connectivity index (χ4v) is 4.43. The molecule has 7 nitrogen and oxygen atoms in total. The Morgan fingerprint density at radius 3 is 2.39 bits per heavy atom. The molecule has 2 heterocycles. The molecule has 0 saturated carbocycles. The molecule has 0 aromatic heterocycles. The molecule has 1 atom stereocenters. The van der Waals surface area contributed by atoms with Gasteiger partial charge in [-0.05, 0) is 69.2 Å². The number of hydrazone groups is 1. The standard InChI is InChI=1S/C23H26ClN3O4/c1-5-30-19-13-15-11-12-26-21(22(28)29-4)25-27(17-9-7-16(24)8-10-17)23(26,3)18(15)14-20(19)31-6-2/h7-10,13-14H,5-6,11-12H2,1-4H3/t23-/m1/s1. The van der Waals surface area contributed by atoms with Crippen LogP contribution in [0.3, 0.4) is 0 Å². The Morgan fingerprint density at radius 2 is 1.77 bits per heavy atom. The Kier molecular flexibility index (Phi) is 5.71. The highest BCUT2D eigenvalue weighted by molar-refractivity contribution is 6.36. The number of ether oxygens (including phenoxy) is 3. The van der Waals surface area contributed by atoms with Gasteiger partial charge in [0.1, 0.15) is 0 Å². The predicted octanol–water partition coefficient (Wildman–Crippen LogP) is 4.17. The number of rotatable bonds is 6. The first-order valence-electron chi connectivity index (χ1n) is 10.4. The van der Waals surface area contributed by atoms with Crippen LogP contribution in [-0.2, 0) is 21.6 Å². The van der Waals surface area contributed by atoms with Crippen LogP contribution in [0.2, 0.25) is 5.02 Å². The minimum atomic E-state index is -0.748. The molecule has 0 bridgehead atoms. The highest BCUT2D eigenvalue weighted by Gasteiger charge is 2.52. The third kappa shape index (κ3) is 3.47. The number of fused-ring (bicyclic) bond motifs is 3. The van der Waals surface area contributed by atoms with Gasteiger partial charge < -0.3 is 19.1 Å². The van der Waals surface area contributed by atoms with Gasteiger partial charge in [-0.25, -0.2) is 9.80 Å². The quantitative estimate of drug-likeness (QED) is 0.624. The van der Waals surface area contributed by atoms with Crippen LogP contribution < -0.4 is 14.5 Å². The molecule has 0 N–H and O–H groups in total. The highest BCUT2D eigenvalue weighted by Crippen LogP contribution is 2.48. The summed E-state index contributed by atoms with van der Waals surface area (Å²) in [5.41, 5.74) is 2.20. The van der Waals surface area contributed by atoms with Crippen molar-refractivity contribution in [2.75, 3.05) is 31.9 Å². The molecule has 0 amide bonds. The molecule has 4 rings (SSSR count). The number of hydrogen-bond donors (Lipinski definition) is 0. The molecule has 2 aromatic carbocycles. The predicted molar refractivity (Wildman–Crippen MR) is 120 cm³/mol. The smallest absolute Gasteiger partial charge is 0.375 e. The minimum Gasteiger partial charge on any atom is -0.490 e. The fourth-order valence-electron chi connectivity index (χ4n) is 4.30. The maximum atomic E-state index is 12.6. The van der Waals surface area contributed by atoms with Crippen molar-refractivity contribution >= 4 is 29.1 Å². The van der Waals surface area contributed by atoms with Crippen molar-refractivity contribution in [1.82, 2.24) is 4.90 Å². The molecule has 0 spiro atoms. The fraction of sp³-hybridized carbons (Fsp3) is 0.391. The van der Waals surface area contributed by atoms with Crippen molar-refractivity contribution in [2.45, 2.75) is 32.9 Å². The van der Waals surface area contributed by atoms with Crippen molar-refractivity contribution in [3.05, 3.63) is 52.5 Å². The molecular formula is C23H26ClN3O4. The molecule has 2 aromatic rings. The summed E-state index contributed by atoms with van der Waals surface area (Å²) in [5.74, 6) is 1.21. The van der Waals surface area contributed by atoms with Crippen LogP contribution >= 0.6 is 11.6 Å². The van der Waals surface area contributed by atoms with Crippen molar-refractivity contribution in [3.8, 4) is 11.5 Å². The molecule has 164 valence electrons. The van der Waals surface area contributed by atoms with E-state index in [0.717, 1.165) is 29.0 Å². The zero-order valence-electron chi connectivity index (χ0n) is 18.1. The summed E-state index contributed by atoms with van der Waals surface area (Å²) >= 11 is 6.11. The number of anilines is 1. The number of carbonyl (C=O) groups is 1. The van der Waals surface area contributed by atoms with Gasteiger partial charge >= 0.3 is 5.97 Å². The Labute approximate surface area is 187 Å². The van der Waals surface area contributed by atoms with Crippen LogP contribution in [0.25, 0.3) is 0 Å². The van der Waals surface area contributed by atoms with Crippen molar-refractivity contribution < 1.29 is 19.0 Å². The molecule has 0 fully saturated rings. The van der Waals surface area contributed by atoms with Crippen LogP contribution in [-0.4, -0.2) is 43.6 Å².